The Morgan fingerprint density at radius 2 is 1.84 bits per heavy atom. The van der Waals surface area contributed by atoms with Crippen LogP contribution in [0.15, 0.2) is 77.7 Å². The van der Waals surface area contributed by atoms with Crippen LogP contribution in [0.5, 0.6) is 11.5 Å². The molecule has 0 atom stereocenters. The van der Waals surface area contributed by atoms with Gasteiger partial charge in [0.25, 0.3) is 11.5 Å². The molecule has 7 heteroatoms. The topological polar surface area (TPSA) is 81.9 Å². The molecule has 0 aliphatic heterocycles. The van der Waals surface area contributed by atoms with Gasteiger partial charge in [0.15, 0.2) is 0 Å². The first kappa shape index (κ1) is 20.2. The van der Waals surface area contributed by atoms with Gasteiger partial charge in [-0.25, -0.2) is 4.98 Å². The van der Waals surface area contributed by atoms with Crippen LogP contribution in [0.3, 0.4) is 0 Å². The third-order valence-electron chi connectivity index (χ3n) is 4.69. The van der Waals surface area contributed by atoms with E-state index in [1.165, 1.54) is 10.5 Å². The van der Waals surface area contributed by atoms with Crippen molar-refractivity contribution in [1.82, 2.24) is 9.38 Å². The lowest BCUT2D eigenvalue weighted by atomic mass is 10.2. The normalized spacial score (nSPS) is 10.6. The fourth-order valence-electron chi connectivity index (χ4n) is 3.10. The van der Waals surface area contributed by atoms with E-state index in [1.807, 2.05) is 13.0 Å². The summed E-state index contributed by atoms with van der Waals surface area (Å²) in [6, 6.07) is 19.1. The molecule has 0 spiro atoms. The molecule has 31 heavy (non-hydrogen) atoms. The SMILES string of the molecule is COc1ccc(C(=O)Nc2cccc(OCc3cc(=O)n4cc(C)ccc4n3)c2)cc1. The zero-order valence-corrected chi connectivity index (χ0v) is 17.2. The van der Waals surface area contributed by atoms with Gasteiger partial charge in [-0.1, -0.05) is 12.1 Å². The summed E-state index contributed by atoms with van der Waals surface area (Å²) in [6.07, 6.45) is 1.75. The van der Waals surface area contributed by atoms with E-state index in [1.54, 1.807) is 67.9 Å². The number of anilines is 1. The fraction of sp³-hybridized carbons (Fsp3) is 0.125. The molecule has 2 aromatic heterocycles. The number of aryl methyl sites for hydroxylation is 1. The number of hydrogen-bond donors (Lipinski definition) is 1. The first-order chi connectivity index (χ1) is 15.0. The summed E-state index contributed by atoms with van der Waals surface area (Å²) in [5, 5.41) is 2.84. The average molecular weight is 415 g/mol. The molecule has 4 aromatic rings. The zero-order valence-electron chi connectivity index (χ0n) is 17.2. The summed E-state index contributed by atoms with van der Waals surface area (Å²) in [5.74, 6) is 1.00. The van der Waals surface area contributed by atoms with E-state index in [9.17, 15) is 9.59 Å². The van der Waals surface area contributed by atoms with Crippen LogP contribution in [-0.4, -0.2) is 22.4 Å². The number of rotatable bonds is 6. The Bertz CT molecular complexity index is 1300. The summed E-state index contributed by atoms with van der Waals surface area (Å²) < 4.78 is 12.4. The highest BCUT2D eigenvalue weighted by Crippen LogP contribution is 2.20. The minimum atomic E-state index is -0.237. The predicted molar refractivity (Wildman–Crippen MR) is 118 cm³/mol. The van der Waals surface area contributed by atoms with Gasteiger partial charge >= 0.3 is 0 Å². The lowest BCUT2D eigenvalue weighted by molar-refractivity contribution is 0.102. The van der Waals surface area contributed by atoms with E-state index in [2.05, 4.69) is 10.3 Å². The van der Waals surface area contributed by atoms with Gasteiger partial charge in [0, 0.05) is 29.6 Å². The third-order valence-corrected chi connectivity index (χ3v) is 4.69. The van der Waals surface area contributed by atoms with Gasteiger partial charge in [-0.05, 0) is 55.0 Å². The number of pyridine rings is 1. The molecule has 1 N–H and O–H groups in total. The third kappa shape index (κ3) is 4.72. The Balaban J connectivity index is 1.45. The van der Waals surface area contributed by atoms with Gasteiger partial charge in [0.1, 0.15) is 23.8 Å². The van der Waals surface area contributed by atoms with Crippen molar-refractivity contribution in [3.63, 3.8) is 0 Å². The number of aromatic nitrogens is 2. The summed E-state index contributed by atoms with van der Waals surface area (Å²) in [7, 11) is 1.58. The maximum atomic E-state index is 12.5. The van der Waals surface area contributed by atoms with E-state index < -0.39 is 0 Å². The zero-order chi connectivity index (χ0) is 21.8. The van der Waals surface area contributed by atoms with Crippen LogP contribution < -0.4 is 20.3 Å². The van der Waals surface area contributed by atoms with Gasteiger partial charge in [0.05, 0.1) is 12.8 Å². The standard InChI is InChI=1S/C24H21N3O4/c1-16-6-11-22-25-19(13-23(28)27(22)14-16)15-31-21-5-3-4-18(12-21)26-24(29)17-7-9-20(30-2)10-8-17/h3-14H,15H2,1-2H3,(H,26,29). The summed E-state index contributed by atoms with van der Waals surface area (Å²) in [5.41, 5.74) is 3.03. The maximum Gasteiger partial charge on any atom is 0.258 e. The summed E-state index contributed by atoms with van der Waals surface area (Å²) in [6.45, 7) is 2.05. The number of hydrogen-bond acceptors (Lipinski definition) is 5. The number of nitrogens with zero attached hydrogens (tertiary/aromatic N) is 2. The fourth-order valence-corrected chi connectivity index (χ4v) is 3.10. The molecule has 0 aliphatic rings. The lowest BCUT2D eigenvalue weighted by Gasteiger charge is -2.10. The predicted octanol–water partition coefficient (Wildman–Crippen LogP) is 3.84. The molecule has 0 bridgehead atoms. The van der Waals surface area contributed by atoms with E-state index in [-0.39, 0.29) is 18.1 Å². The molecule has 0 saturated heterocycles. The van der Waals surface area contributed by atoms with E-state index in [0.717, 1.165) is 5.56 Å². The molecule has 7 nitrogen and oxygen atoms in total. The molecular weight excluding hydrogens is 394 g/mol. The van der Waals surface area contributed by atoms with Crippen molar-refractivity contribution >= 4 is 17.2 Å². The van der Waals surface area contributed by atoms with Gasteiger partial charge < -0.3 is 14.8 Å². The average Bonchev–Trinajstić information content (AvgIpc) is 2.78. The van der Waals surface area contributed by atoms with Crippen molar-refractivity contribution in [2.75, 3.05) is 12.4 Å². The number of carbonyl (C=O) groups is 1. The van der Waals surface area contributed by atoms with Crippen molar-refractivity contribution in [1.29, 1.82) is 0 Å². The van der Waals surface area contributed by atoms with Crippen molar-refractivity contribution in [2.45, 2.75) is 13.5 Å². The van der Waals surface area contributed by atoms with Crippen LogP contribution in [-0.2, 0) is 6.61 Å². The van der Waals surface area contributed by atoms with Gasteiger partial charge in [0.2, 0.25) is 0 Å². The van der Waals surface area contributed by atoms with Crippen molar-refractivity contribution in [3.05, 3.63) is 100 Å². The maximum absolute atomic E-state index is 12.5. The van der Waals surface area contributed by atoms with Crippen LogP contribution in [0, 0.1) is 6.92 Å². The van der Waals surface area contributed by atoms with Gasteiger partial charge in [-0.15, -0.1) is 0 Å². The monoisotopic (exact) mass is 415 g/mol. The van der Waals surface area contributed by atoms with Crippen LogP contribution in [0.2, 0.25) is 0 Å². The molecule has 0 saturated carbocycles. The molecular formula is C24H21N3O4. The molecule has 2 heterocycles. The summed E-state index contributed by atoms with van der Waals surface area (Å²) in [4.78, 5) is 29.3. The number of benzene rings is 2. The van der Waals surface area contributed by atoms with Crippen LogP contribution >= 0.6 is 0 Å². The van der Waals surface area contributed by atoms with E-state index in [4.69, 9.17) is 9.47 Å². The van der Waals surface area contributed by atoms with Crippen molar-refractivity contribution in [3.8, 4) is 11.5 Å². The number of carbonyl (C=O) groups excluding carboxylic acids is 1. The van der Waals surface area contributed by atoms with E-state index >= 15 is 0 Å². The number of methoxy groups -OCH3 is 1. The Hall–Kier alpha value is -4.13. The Morgan fingerprint density at radius 3 is 2.61 bits per heavy atom. The second kappa shape index (κ2) is 8.71. The number of nitrogens with one attached hydrogen (secondary N) is 1. The quantitative estimate of drug-likeness (QED) is 0.517. The molecule has 156 valence electrons. The summed E-state index contributed by atoms with van der Waals surface area (Å²) >= 11 is 0. The minimum Gasteiger partial charge on any atom is -0.497 e. The van der Waals surface area contributed by atoms with Crippen molar-refractivity contribution < 1.29 is 14.3 Å². The van der Waals surface area contributed by atoms with Crippen LogP contribution in [0.25, 0.3) is 5.65 Å². The van der Waals surface area contributed by atoms with Gasteiger partial charge in [-0.3, -0.25) is 14.0 Å². The molecule has 1 amide bonds. The minimum absolute atomic E-state index is 0.134. The Labute approximate surface area is 178 Å². The first-order valence-electron chi connectivity index (χ1n) is 9.69. The highest BCUT2D eigenvalue weighted by molar-refractivity contribution is 6.04. The molecule has 4 rings (SSSR count). The first-order valence-corrected chi connectivity index (χ1v) is 9.69. The van der Waals surface area contributed by atoms with Crippen molar-refractivity contribution in [2.24, 2.45) is 0 Å². The highest BCUT2D eigenvalue weighted by Gasteiger charge is 2.08. The molecule has 0 aliphatic carbocycles. The smallest absolute Gasteiger partial charge is 0.258 e. The van der Waals surface area contributed by atoms with Crippen LogP contribution in [0.1, 0.15) is 21.6 Å². The second-order valence-electron chi connectivity index (χ2n) is 7.02. The number of ether oxygens (including phenoxy) is 2. The Kier molecular flexibility index (Phi) is 5.66. The highest BCUT2D eigenvalue weighted by atomic mass is 16.5. The van der Waals surface area contributed by atoms with E-state index in [0.29, 0.717) is 34.1 Å². The largest absolute Gasteiger partial charge is 0.497 e. The van der Waals surface area contributed by atoms with Gasteiger partial charge in [-0.2, -0.15) is 0 Å². The molecule has 2 aromatic carbocycles. The molecule has 0 radical (unpaired) electrons. The van der Waals surface area contributed by atoms with Crippen LogP contribution in [0.4, 0.5) is 5.69 Å². The molecule has 0 unspecified atom stereocenters. The second-order valence-corrected chi connectivity index (χ2v) is 7.02. The Morgan fingerprint density at radius 1 is 1.03 bits per heavy atom. The number of amides is 1. The molecule has 0 fully saturated rings. The lowest BCUT2D eigenvalue weighted by Crippen LogP contribution is -2.16. The number of fused-ring (bicyclic) bond motifs is 1.